The van der Waals surface area contributed by atoms with Gasteiger partial charge in [0.1, 0.15) is 0 Å². The molecule has 1 nitrogen and oxygen atoms in total. The van der Waals surface area contributed by atoms with Crippen LogP contribution in [0.25, 0.3) is 0 Å². The Hall–Kier alpha value is -0.530. The molecule has 1 aromatic rings. The second kappa shape index (κ2) is 3.80. The number of fused-ring (bicyclic) bond motifs is 1. The maximum atomic E-state index is 6.20. The lowest BCUT2D eigenvalue weighted by Crippen LogP contribution is -2.19. The highest BCUT2D eigenvalue weighted by Gasteiger charge is 2.40. The molecule has 82 valence electrons. The van der Waals surface area contributed by atoms with Crippen LogP contribution in [-0.2, 0) is 18.4 Å². The molecule has 0 spiro atoms. The van der Waals surface area contributed by atoms with E-state index < -0.39 is 0 Å². The summed E-state index contributed by atoms with van der Waals surface area (Å²) >= 11 is 0. The topological polar surface area (TPSA) is 26.0 Å². The smallest absolute Gasteiger partial charge is 0.0411 e. The minimum atomic E-state index is 0. The monoisotopic (exact) mass is 223 g/mol. The first kappa shape index (κ1) is 11.0. The third kappa shape index (κ3) is 1.91. The maximum Gasteiger partial charge on any atom is 0.0411 e. The number of hydrogen-bond donors (Lipinski definition) is 1. The largest absolute Gasteiger partial charge is 0.321 e. The first-order valence-electron chi connectivity index (χ1n) is 5.69. The summed E-state index contributed by atoms with van der Waals surface area (Å²) in [5.74, 6) is 0. The van der Waals surface area contributed by atoms with E-state index in [1.807, 2.05) is 0 Å². The fourth-order valence-electron chi connectivity index (χ4n) is 2.47. The van der Waals surface area contributed by atoms with E-state index in [2.05, 4.69) is 18.2 Å². The molecular formula is C13H18ClN. The normalized spacial score (nSPS) is 21.4. The van der Waals surface area contributed by atoms with Crippen LogP contribution in [0.2, 0.25) is 0 Å². The number of rotatable bonds is 1. The second-order valence-electron chi connectivity index (χ2n) is 4.85. The molecule has 0 aromatic heterocycles. The molecule has 0 saturated heterocycles. The average Bonchev–Trinajstić information content (AvgIpc) is 2.97. The highest BCUT2D eigenvalue weighted by atomic mass is 35.5. The van der Waals surface area contributed by atoms with Gasteiger partial charge in [0.2, 0.25) is 0 Å². The van der Waals surface area contributed by atoms with E-state index in [0.29, 0.717) is 0 Å². The van der Waals surface area contributed by atoms with Gasteiger partial charge < -0.3 is 5.73 Å². The first-order chi connectivity index (χ1) is 6.78. The van der Waals surface area contributed by atoms with E-state index in [1.54, 1.807) is 11.1 Å². The average molecular weight is 224 g/mol. The fraction of sp³-hybridized carbons (Fsp3) is 0.538. The van der Waals surface area contributed by atoms with Crippen LogP contribution < -0.4 is 5.73 Å². The molecule has 1 fully saturated rings. The summed E-state index contributed by atoms with van der Waals surface area (Å²) in [4.78, 5) is 0. The zero-order valence-electron chi connectivity index (χ0n) is 8.96. The Morgan fingerprint density at radius 2 is 1.67 bits per heavy atom. The van der Waals surface area contributed by atoms with Crippen molar-refractivity contribution in [1.29, 1.82) is 0 Å². The number of nitrogens with two attached hydrogens (primary N) is 1. The van der Waals surface area contributed by atoms with Crippen molar-refractivity contribution in [2.24, 2.45) is 5.73 Å². The van der Waals surface area contributed by atoms with Crippen molar-refractivity contribution in [3.05, 3.63) is 34.9 Å². The van der Waals surface area contributed by atoms with E-state index in [0.717, 1.165) is 0 Å². The summed E-state index contributed by atoms with van der Waals surface area (Å²) < 4.78 is 0. The van der Waals surface area contributed by atoms with Crippen LogP contribution in [0.4, 0.5) is 0 Å². The van der Waals surface area contributed by atoms with Gasteiger partial charge in [0.25, 0.3) is 0 Å². The second-order valence-corrected chi connectivity index (χ2v) is 4.85. The molecule has 2 aliphatic carbocycles. The van der Waals surface area contributed by atoms with Crippen molar-refractivity contribution < 1.29 is 0 Å². The van der Waals surface area contributed by atoms with Gasteiger partial charge in [-0.2, -0.15) is 0 Å². The molecular weight excluding hydrogens is 206 g/mol. The van der Waals surface area contributed by atoms with Crippen LogP contribution in [0.1, 0.15) is 42.4 Å². The Kier molecular flexibility index (Phi) is 2.78. The fourth-order valence-corrected chi connectivity index (χ4v) is 2.47. The molecule has 2 heteroatoms. The van der Waals surface area contributed by atoms with Gasteiger partial charge in [-0.15, -0.1) is 12.4 Å². The van der Waals surface area contributed by atoms with Crippen molar-refractivity contribution in [2.75, 3.05) is 0 Å². The van der Waals surface area contributed by atoms with Crippen LogP contribution in [0.5, 0.6) is 0 Å². The van der Waals surface area contributed by atoms with E-state index in [1.165, 1.54) is 44.1 Å². The Balaban J connectivity index is 0.000000853. The summed E-state index contributed by atoms with van der Waals surface area (Å²) in [5, 5.41) is 0. The molecule has 0 amide bonds. The highest BCUT2D eigenvalue weighted by molar-refractivity contribution is 5.85. The van der Waals surface area contributed by atoms with E-state index in [9.17, 15) is 0 Å². The number of aryl methyl sites for hydroxylation is 2. The molecule has 0 heterocycles. The van der Waals surface area contributed by atoms with Gasteiger partial charge in [0, 0.05) is 5.54 Å². The Labute approximate surface area is 97.5 Å². The molecule has 1 saturated carbocycles. The SMILES string of the molecule is Cl.NC1(c2ccc3c(c2)CCCC3)CC1. The molecule has 0 bridgehead atoms. The summed E-state index contributed by atoms with van der Waals surface area (Å²) in [7, 11) is 0. The third-order valence-electron chi connectivity index (χ3n) is 3.71. The van der Waals surface area contributed by atoms with Gasteiger partial charge in [-0.25, -0.2) is 0 Å². The van der Waals surface area contributed by atoms with Crippen LogP contribution in [0, 0.1) is 0 Å². The summed E-state index contributed by atoms with van der Waals surface area (Å²) in [6.45, 7) is 0. The van der Waals surface area contributed by atoms with Gasteiger partial charge >= 0.3 is 0 Å². The molecule has 2 aliphatic rings. The standard InChI is InChI=1S/C13H17N.ClH/c14-13(7-8-13)12-6-5-10-3-1-2-4-11(10)9-12;/h5-6,9H,1-4,7-8,14H2;1H. The quantitative estimate of drug-likeness (QED) is 0.779. The molecule has 1 aromatic carbocycles. The highest BCUT2D eigenvalue weighted by Crippen LogP contribution is 2.43. The van der Waals surface area contributed by atoms with Crippen LogP contribution in [0.15, 0.2) is 18.2 Å². The minimum Gasteiger partial charge on any atom is -0.321 e. The van der Waals surface area contributed by atoms with Crippen LogP contribution in [-0.4, -0.2) is 0 Å². The lowest BCUT2D eigenvalue weighted by Gasteiger charge is -2.18. The zero-order valence-corrected chi connectivity index (χ0v) is 9.78. The summed E-state index contributed by atoms with van der Waals surface area (Å²) in [5.41, 5.74) is 10.7. The number of benzene rings is 1. The van der Waals surface area contributed by atoms with Gasteiger partial charge in [-0.3, -0.25) is 0 Å². The Morgan fingerprint density at radius 3 is 2.33 bits per heavy atom. The molecule has 0 aliphatic heterocycles. The minimum absolute atomic E-state index is 0. The maximum absolute atomic E-state index is 6.20. The van der Waals surface area contributed by atoms with Gasteiger partial charge in [0.15, 0.2) is 0 Å². The van der Waals surface area contributed by atoms with Gasteiger partial charge in [-0.05, 0) is 55.2 Å². The third-order valence-corrected chi connectivity index (χ3v) is 3.71. The van der Waals surface area contributed by atoms with Crippen molar-refractivity contribution in [3.8, 4) is 0 Å². The lowest BCUT2D eigenvalue weighted by molar-refractivity contribution is 0.676. The van der Waals surface area contributed by atoms with Crippen molar-refractivity contribution in [1.82, 2.24) is 0 Å². The van der Waals surface area contributed by atoms with Crippen LogP contribution in [0.3, 0.4) is 0 Å². The zero-order chi connectivity index (χ0) is 9.60. The molecule has 0 unspecified atom stereocenters. The molecule has 2 N–H and O–H groups in total. The Bertz CT molecular complexity index is 369. The molecule has 15 heavy (non-hydrogen) atoms. The molecule has 0 radical (unpaired) electrons. The molecule has 0 atom stereocenters. The van der Waals surface area contributed by atoms with Crippen molar-refractivity contribution >= 4 is 12.4 Å². The summed E-state index contributed by atoms with van der Waals surface area (Å²) in [6.07, 6.45) is 7.60. The van der Waals surface area contributed by atoms with E-state index in [4.69, 9.17) is 5.73 Å². The lowest BCUT2D eigenvalue weighted by atomic mass is 9.89. The van der Waals surface area contributed by atoms with Crippen LogP contribution >= 0.6 is 12.4 Å². The number of hydrogen-bond acceptors (Lipinski definition) is 1. The van der Waals surface area contributed by atoms with Gasteiger partial charge in [-0.1, -0.05) is 18.2 Å². The van der Waals surface area contributed by atoms with Gasteiger partial charge in [0.05, 0.1) is 0 Å². The first-order valence-corrected chi connectivity index (χ1v) is 5.69. The number of halogens is 1. The Morgan fingerprint density at radius 1 is 1.00 bits per heavy atom. The molecule has 3 rings (SSSR count). The van der Waals surface area contributed by atoms with Crippen molar-refractivity contribution in [3.63, 3.8) is 0 Å². The van der Waals surface area contributed by atoms with E-state index >= 15 is 0 Å². The summed E-state index contributed by atoms with van der Waals surface area (Å²) in [6, 6.07) is 6.91. The predicted octanol–water partition coefficient (Wildman–Crippen LogP) is 2.94. The predicted molar refractivity (Wildman–Crippen MR) is 65.4 cm³/mol. The van der Waals surface area contributed by atoms with E-state index in [-0.39, 0.29) is 17.9 Å². The van der Waals surface area contributed by atoms with Crippen molar-refractivity contribution in [2.45, 2.75) is 44.1 Å².